The predicted molar refractivity (Wildman–Crippen MR) is 395 cm³/mol. The lowest BCUT2D eigenvalue weighted by atomic mass is 10.1. The first-order chi connectivity index (χ1) is 47.5. The van der Waals surface area contributed by atoms with Crippen LogP contribution in [0.15, 0.2) is 0 Å². The van der Waals surface area contributed by atoms with Gasteiger partial charge < -0.3 is 50.0 Å². The molecule has 0 aromatic carbocycles. The molecule has 6 atom stereocenters. The Hall–Kier alpha value is -2.71. The summed E-state index contributed by atoms with van der Waals surface area (Å²) in [4.78, 5) is 84.8. The number of carbonyl (C=O) groups is 5. The first-order valence-corrected chi connectivity index (χ1v) is 42.8. The highest BCUT2D eigenvalue weighted by Gasteiger charge is 2.25. The van der Waals surface area contributed by atoms with Crippen molar-refractivity contribution < 1.29 is 79.9 Å². The van der Waals surface area contributed by atoms with E-state index < -0.39 is 33.8 Å². The summed E-state index contributed by atoms with van der Waals surface area (Å²) in [7, 11) is -9.17. The fourth-order valence-electron chi connectivity index (χ4n) is 11.7. The molecule has 0 aliphatic rings. The number of carbonyl (C=O) groups excluding carboxylic acids is 5. The maximum absolute atomic E-state index is 13.2. The summed E-state index contributed by atoms with van der Waals surface area (Å²) in [6.45, 7) is 11.6. The van der Waals surface area contributed by atoms with Crippen LogP contribution in [0.5, 0.6) is 0 Å². The van der Waals surface area contributed by atoms with E-state index in [1.807, 2.05) is 0 Å². The number of rotatable bonds is 76. The van der Waals surface area contributed by atoms with Crippen molar-refractivity contribution in [3.05, 3.63) is 0 Å². The summed E-state index contributed by atoms with van der Waals surface area (Å²) < 4.78 is 70.3. The number of amides is 4. The number of urea groups is 1. The molecule has 0 aromatic heterocycles. The average molecular weight is 1440 g/mol. The third-order valence-corrected chi connectivity index (χ3v) is 19.7. The summed E-state index contributed by atoms with van der Waals surface area (Å²) in [5.74, 6) is -0.803. The normalized spacial score (nSPS) is 14.0. The Kier molecular flexibility index (Phi) is 68.0. The molecule has 98 heavy (non-hydrogen) atoms. The summed E-state index contributed by atoms with van der Waals surface area (Å²) in [6, 6.07) is -1.77. The van der Waals surface area contributed by atoms with E-state index in [0.29, 0.717) is 38.7 Å². The van der Waals surface area contributed by atoms with Crippen molar-refractivity contribution in [3.63, 3.8) is 0 Å². The smallest absolute Gasteiger partial charge is 0.462 e. The first-order valence-electron chi connectivity index (χ1n) is 39.9. The Balaban J connectivity index is 5.27. The molecule has 0 aliphatic carbocycles. The molecule has 0 saturated heterocycles. The van der Waals surface area contributed by atoms with Gasteiger partial charge in [-0.05, 0) is 57.8 Å². The van der Waals surface area contributed by atoms with Crippen LogP contribution in [-0.4, -0.2) is 130 Å². The van der Waals surface area contributed by atoms with Gasteiger partial charge >= 0.3 is 33.6 Å². The molecule has 0 saturated carbocycles. The van der Waals surface area contributed by atoms with Crippen molar-refractivity contribution in [2.75, 3.05) is 65.9 Å². The standard InChI is InChI=1S/C75H148N4O17P2/c1-7-12-17-22-25-28-30-33-35-40-45-50-72(81)78-68(65-89-59-55-70(95-67(6)80)48-43-38-20-15-10-4)53-61-91-97(85,86)93-63-57-76-75(84)77-58-64-94-98(87,88)92-62-54-69(79-73(82)51-46-41-36-34-31-29-26-23-18-13-8-2)66-90-60-56-71(49-44-39-21-16-11-5)96-74(83)52-47-42-37-32-27-24-19-14-9-3/h68-71H,7-66H2,1-6H3,(H,78,81)(H,79,82)(H,85,86)(H,87,88)(H2,76,77,84)/t68-,69-,70+,71+/m0/s1. The number of phosphoric acid groups is 2. The predicted octanol–water partition coefficient (Wildman–Crippen LogP) is 19.0. The fraction of sp³-hybridized carbons (Fsp3) is 0.933. The van der Waals surface area contributed by atoms with Crippen LogP contribution in [0.3, 0.4) is 0 Å². The molecule has 0 rings (SSSR count). The van der Waals surface area contributed by atoms with Gasteiger partial charge in [0, 0.05) is 52.1 Å². The zero-order valence-corrected chi connectivity index (χ0v) is 64.9. The van der Waals surface area contributed by atoms with Crippen LogP contribution in [-0.2, 0) is 65.4 Å². The molecule has 0 bridgehead atoms. The second-order valence-electron chi connectivity index (χ2n) is 27.2. The SMILES string of the molecule is CCCCCCCCCCCCCC(=O)N[C@@H](CCOP(=O)(O)OCCNC(=O)NCCOP(=O)(O)OCC[C@@H](COCC[C@@H](CCCCCCC)OC(=O)CCCCCCCCCCC)NC(=O)CCCCCCCCCCCCC)COCC[C@@H](CCCCCCC)OC(C)=O. The van der Waals surface area contributed by atoms with Crippen molar-refractivity contribution >= 4 is 45.4 Å². The molecule has 0 radical (unpaired) electrons. The molecule has 2 unspecified atom stereocenters. The largest absolute Gasteiger partial charge is 0.472 e. The molecule has 0 fully saturated rings. The molecule has 0 aromatic rings. The number of hydrogen-bond donors (Lipinski definition) is 6. The van der Waals surface area contributed by atoms with E-state index in [0.717, 1.165) is 141 Å². The summed E-state index contributed by atoms with van der Waals surface area (Å²) in [6.07, 6.45) is 50.4. The number of ether oxygens (including phenoxy) is 4. The van der Waals surface area contributed by atoms with Crippen LogP contribution in [0.1, 0.15) is 363 Å². The van der Waals surface area contributed by atoms with E-state index in [2.05, 4.69) is 55.9 Å². The minimum absolute atomic E-state index is 0.111. The van der Waals surface area contributed by atoms with E-state index >= 15 is 0 Å². The highest BCUT2D eigenvalue weighted by atomic mass is 31.2. The topological polar surface area (TPSA) is 282 Å². The van der Waals surface area contributed by atoms with Crippen molar-refractivity contribution in [2.24, 2.45) is 0 Å². The van der Waals surface area contributed by atoms with E-state index in [9.17, 15) is 42.9 Å². The molecule has 6 N–H and O–H groups in total. The lowest BCUT2D eigenvalue weighted by Crippen LogP contribution is -2.39. The second kappa shape index (κ2) is 70.0. The van der Waals surface area contributed by atoms with E-state index in [1.165, 1.54) is 142 Å². The van der Waals surface area contributed by atoms with Gasteiger partial charge in [0.2, 0.25) is 11.8 Å². The van der Waals surface area contributed by atoms with Crippen molar-refractivity contribution in [1.82, 2.24) is 21.3 Å². The van der Waals surface area contributed by atoms with Gasteiger partial charge in [0.1, 0.15) is 12.2 Å². The molecular weight excluding hydrogens is 1290 g/mol. The Morgan fingerprint density at radius 2 is 0.622 bits per heavy atom. The summed E-state index contributed by atoms with van der Waals surface area (Å²) >= 11 is 0. The Labute approximate surface area is 596 Å². The van der Waals surface area contributed by atoms with Crippen molar-refractivity contribution in [3.8, 4) is 0 Å². The van der Waals surface area contributed by atoms with Crippen LogP contribution in [0.4, 0.5) is 4.79 Å². The number of unbranched alkanes of at least 4 members (excludes halogenated alkanes) is 36. The third-order valence-electron chi connectivity index (χ3n) is 17.7. The molecule has 0 aliphatic heterocycles. The van der Waals surface area contributed by atoms with Crippen LogP contribution < -0.4 is 21.3 Å². The zero-order valence-electron chi connectivity index (χ0n) is 63.1. The van der Waals surface area contributed by atoms with Gasteiger partial charge in [-0.3, -0.25) is 37.3 Å². The van der Waals surface area contributed by atoms with Gasteiger partial charge in [-0.15, -0.1) is 0 Å². The monoisotopic (exact) mass is 1440 g/mol. The summed E-state index contributed by atoms with van der Waals surface area (Å²) in [5, 5.41) is 11.0. The van der Waals surface area contributed by atoms with Gasteiger partial charge in [-0.1, -0.05) is 266 Å². The minimum atomic E-state index is -4.59. The maximum atomic E-state index is 13.2. The van der Waals surface area contributed by atoms with Gasteiger partial charge in [0.05, 0.1) is 64.9 Å². The van der Waals surface area contributed by atoms with Crippen LogP contribution >= 0.6 is 15.6 Å². The number of nitrogens with one attached hydrogen (secondary N) is 4. The first kappa shape index (κ1) is 95.3. The van der Waals surface area contributed by atoms with Crippen LogP contribution in [0.25, 0.3) is 0 Å². The average Bonchev–Trinajstić information content (AvgIpc) is 1.53. The number of phosphoric ester groups is 2. The second-order valence-corrected chi connectivity index (χ2v) is 30.1. The van der Waals surface area contributed by atoms with Crippen molar-refractivity contribution in [2.45, 2.75) is 387 Å². The molecule has 0 heterocycles. The van der Waals surface area contributed by atoms with Gasteiger partial charge in [-0.2, -0.15) is 0 Å². The number of esters is 2. The maximum Gasteiger partial charge on any atom is 0.472 e. The van der Waals surface area contributed by atoms with Crippen molar-refractivity contribution in [1.29, 1.82) is 0 Å². The third kappa shape index (κ3) is 67.8. The van der Waals surface area contributed by atoms with E-state index in [1.54, 1.807) is 0 Å². The Morgan fingerprint density at radius 3 is 0.949 bits per heavy atom. The lowest BCUT2D eigenvalue weighted by Gasteiger charge is -2.22. The fourth-order valence-corrected chi connectivity index (χ4v) is 13.2. The molecule has 0 spiro atoms. The molecule has 4 amide bonds. The van der Waals surface area contributed by atoms with E-state index in [-0.39, 0.29) is 108 Å². The Bertz CT molecular complexity index is 1960. The highest BCUT2D eigenvalue weighted by Crippen LogP contribution is 2.44. The zero-order chi connectivity index (χ0) is 72.1. The van der Waals surface area contributed by atoms with Crippen LogP contribution in [0.2, 0.25) is 0 Å². The van der Waals surface area contributed by atoms with Gasteiger partial charge in [0.15, 0.2) is 0 Å². The quantitative estimate of drug-likeness (QED) is 0.0187. The van der Waals surface area contributed by atoms with Gasteiger partial charge in [-0.25, -0.2) is 13.9 Å². The molecule has 21 nitrogen and oxygen atoms in total. The summed E-state index contributed by atoms with van der Waals surface area (Å²) in [5.41, 5.74) is 0. The van der Waals surface area contributed by atoms with E-state index in [4.69, 9.17) is 37.0 Å². The Morgan fingerprint density at radius 1 is 0.337 bits per heavy atom. The van der Waals surface area contributed by atoms with Gasteiger partial charge in [0.25, 0.3) is 0 Å². The number of hydrogen-bond acceptors (Lipinski definition) is 15. The van der Waals surface area contributed by atoms with Crippen LogP contribution in [0, 0.1) is 0 Å². The molecule has 580 valence electrons. The molecular formula is C75H148N4O17P2. The highest BCUT2D eigenvalue weighted by molar-refractivity contribution is 7.47. The lowest BCUT2D eigenvalue weighted by molar-refractivity contribution is -0.151. The molecule has 23 heteroatoms. The minimum Gasteiger partial charge on any atom is -0.462 e.